The summed E-state index contributed by atoms with van der Waals surface area (Å²) in [5.41, 5.74) is -0.356. The van der Waals surface area contributed by atoms with E-state index >= 15 is 0 Å². The van der Waals surface area contributed by atoms with Crippen molar-refractivity contribution in [2.75, 3.05) is 6.61 Å². The Labute approximate surface area is 118 Å². The average Bonchev–Trinajstić information content (AvgIpc) is 2.54. The van der Waals surface area contributed by atoms with Gasteiger partial charge in [0.15, 0.2) is 0 Å². The summed E-state index contributed by atoms with van der Waals surface area (Å²) in [7, 11) is 0. The minimum atomic E-state index is -1.06. The van der Waals surface area contributed by atoms with Crippen LogP contribution in [0.1, 0.15) is 20.3 Å². The molecule has 4 N–H and O–H groups in total. The molecule has 3 aliphatic rings. The molecule has 2 aliphatic carbocycles. The Balaban J connectivity index is 2.19. The zero-order valence-corrected chi connectivity index (χ0v) is 11.8. The van der Waals surface area contributed by atoms with Gasteiger partial charge in [-0.25, -0.2) is 0 Å². The molecular weight excluding hydrogens is 260 g/mol. The van der Waals surface area contributed by atoms with Crippen LogP contribution < -0.4 is 0 Å². The third kappa shape index (κ3) is 1.35. The van der Waals surface area contributed by atoms with Crippen molar-refractivity contribution in [1.29, 1.82) is 0 Å². The maximum Gasteiger partial charge on any atom is 0.111 e. The van der Waals surface area contributed by atoms with Crippen molar-refractivity contribution < 1.29 is 25.2 Å². The predicted molar refractivity (Wildman–Crippen MR) is 71.8 cm³/mol. The van der Waals surface area contributed by atoms with Gasteiger partial charge in [0.2, 0.25) is 0 Å². The van der Waals surface area contributed by atoms with Crippen LogP contribution in [-0.2, 0) is 4.74 Å². The van der Waals surface area contributed by atoms with E-state index in [1.165, 1.54) is 0 Å². The topological polar surface area (TPSA) is 90.2 Å². The highest BCUT2D eigenvalue weighted by Crippen LogP contribution is 2.64. The molecule has 0 aromatic rings. The number of aliphatic hydroxyl groups excluding tert-OH is 4. The minimum Gasteiger partial charge on any atom is -0.396 e. The minimum absolute atomic E-state index is 0.246. The highest BCUT2D eigenvalue weighted by Gasteiger charge is 2.70. The second kappa shape index (κ2) is 4.15. The van der Waals surface area contributed by atoms with Gasteiger partial charge in [-0.2, -0.15) is 0 Å². The molecule has 1 aliphatic heterocycles. The SMILES string of the molecule is C=C1[C@@H]2O[C@@H]3C=C(C)[C@@H](O)C[C@]3(CO)[C@@]1(C)[C@H](O)[C@H]2O. The van der Waals surface area contributed by atoms with Gasteiger partial charge in [-0.3, -0.25) is 0 Å². The van der Waals surface area contributed by atoms with Gasteiger partial charge in [-0.1, -0.05) is 19.6 Å². The normalized spacial score (nSPS) is 54.6. The second-order valence-electron chi connectivity index (χ2n) is 6.59. The van der Waals surface area contributed by atoms with Crippen molar-refractivity contribution in [2.24, 2.45) is 10.8 Å². The quantitative estimate of drug-likeness (QED) is 0.498. The summed E-state index contributed by atoms with van der Waals surface area (Å²) < 4.78 is 5.90. The largest absolute Gasteiger partial charge is 0.396 e. The summed E-state index contributed by atoms with van der Waals surface area (Å²) >= 11 is 0. The molecule has 5 heteroatoms. The Hall–Kier alpha value is -0.720. The smallest absolute Gasteiger partial charge is 0.111 e. The Morgan fingerprint density at radius 3 is 2.65 bits per heavy atom. The molecule has 20 heavy (non-hydrogen) atoms. The molecule has 0 aromatic carbocycles. The van der Waals surface area contributed by atoms with E-state index in [1.54, 1.807) is 13.0 Å². The number of rotatable bonds is 1. The molecule has 1 saturated carbocycles. The van der Waals surface area contributed by atoms with Crippen LogP contribution in [0.4, 0.5) is 0 Å². The van der Waals surface area contributed by atoms with E-state index in [4.69, 9.17) is 4.74 Å². The third-order valence-electron chi connectivity index (χ3n) is 5.89. The molecular formula is C15H22O5. The van der Waals surface area contributed by atoms with E-state index in [1.807, 2.05) is 6.92 Å². The zero-order chi connectivity index (χ0) is 14.9. The van der Waals surface area contributed by atoms with Gasteiger partial charge < -0.3 is 25.2 Å². The summed E-state index contributed by atoms with van der Waals surface area (Å²) in [6.45, 7) is 7.35. The Morgan fingerprint density at radius 2 is 2.05 bits per heavy atom. The van der Waals surface area contributed by atoms with Crippen molar-refractivity contribution in [3.63, 3.8) is 0 Å². The fraction of sp³-hybridized carbons (Fsp3) is 0.733. The fourth-order valence-corrected chi connectivity index (χ4v) is 4.26. The van der Waals surface area contributed by atoms with Crippen LogP contribution in [0.25, 0.3) is 0 Å². The first-order valence-electron chi connectivity index (χ1n) is 6.97. The van der Waals surface area contributed by atoms with Crippen molar-refractivity contribution >= 4 is 0 Å². The Morgan fingerprint density at radius 1 is 1.40 bits per heavy atom. The summed E-state index contributed by atoms with van der Waals surface area (Å²) in [5.74, 6) is 0. The van der Waals surface area contributed by atoms with E-state index in [0.29, 0.717) is 5.57 Å². The van der Waals surface area contributed by atoms with Gasteiger partial charge >= 0.3 is 0 Å². The van der Waals surface area contributed by atoms with Crippen LogP contribution >= 0.6 is 0 Å². The first-order valence-corrected chi connectivity index (χ1v) is 6.97. The van der Waals surface area contributed by atoms with Crippen molar-refractivity contribution in [1.82, 2.24) is 0 Å². The summed E-state index contributed by atoms with van der Waals surface area (Å²) in [5, 5.41) is 40.9. The van der Waals surface area contributed by atoms with Crippen molar-refractivity contribution in [2.45, 2.75) is 50.8 Å². The molecule has 0 aromatic heterocycles. The van der Waals surface area contributed by atoms with Crippen LogP contribution in [-0.4, -0.2) is 57.6 Å². The van der Waals surface area contributed by atoms with E-state index < -0.39 is 41.3 Å². The van der Waals surface area contributed by atoms with Crippen molar-refractivity contribution in [3.05, 3.63) is 23.8 Å². The second-order valence-corrected chi connectivity index (χ2v) is 6.59. The van der Waals surface area contributed by atoms with E-state index in [0.717, 1.165) is 5.57 Å². The Bertz CT molecular complexity index is 487. The number of aliphatic hydroxyl groups is 4. The van der Waals surface area contributed by atoms with Crippen molar-refractivity contribution in [3.8, 4) is 0 Å². The molecule has 1 heterocycles. The predicted octanol–water partition coefficient (Wildman–Crippen LogP) is -0.259. The van der Waals surface area contributed by atoms with Crippen LogP contribution in [0.2, 0.25) is 0 Å². The molecule has 1 saturated heterocycles. The molecule has 3 rings (SSSR count). The van der Waals surface area contributed by atoms with Gasteiger partial charge in [-0.15, -0.1) is 0 Å². The van der Waals surface area contributed by atoms with Crippen LogP contribution in [0, 0.1) is 10.8 Å². The monoisotopic (exact) mass is 282 g/mol. The Kier molecular flexibility index (Phi) is 2.95. The van der Waals surface area contributed by atoms with E-state index in [2.05, 4.69) is 6.58 Å². The molecule has 7 atom stereocenters. The lowest BCUT2D eigenvalue weighted by Gasteiger charge is -2.56. The van der Waals surface area contributed by atoms with Gasteiger partial charge in [0.05, 0.1) is 24.9 Å². The van der Waals surface area contributed by atoms with Gasteiger partial charge in [0, 0.05) is 10.8 Å². The lowest BCUT2D eigenvalue weighted by atomic mass is 9.53. The molecule has 5 nitrogen and oxygen atoms in total. The molecule has 2 bridgehead atoms. The van der Waals surface area contributed by atoms with Gasteiger partial charge in [0.1, 0.15) is 12.2 Å². The lowest BCUT2D eigenvalue weighted by molar-refractivity contribution is -0.165. The standard InChI is InChI=1S/C15H22O5/c1-7-4-10-15(6-16,5-9(7)17)14(3)8(2)12(20-10)11(18)13(14)19/h4,9-13,16-19H,2,5-6H2,1,3H3/t9-,10+,11-,12-,13+,14+,15+/m0/s1. The van der Waals surface area contributed by atoms with Crippen LogP contribution in [0.5, 0.6) is 0 Å². The molecule has 0 unspecified atom stereocenters. The average molecular weight is 282 g/mol. The van der Waals surface area contributed by atoms with Crippen LogP contribution in [0.15, 0.2) is 23.8 Å². The zero-order valence-electron chi connectivity index (χ0n) is 11.8. The first-order chi connectivity index (χ1) is 9.29. The molecule has 0 radical (unpaired) electrons. The maximum atomic E-state index is 10.5. The lowest BCUT2D eigenvalue weighted by Crippen LogP contribution is -2.61. The molecule has 0 spiro atoms. The van der Waals surface area contributed by atoms with Crippen LogP contribution in [0.3, 0.4) is 0 Å². The number of hydrogen-bond donors (Lipinski definition) is 4. The molecule has 2 fully saturated rings. The third-order valence-corrected chi connectivity index (χ3v) is 5.89. The van der Waals surface area contributed by atoms with E-state index in [-0.39, 0.29) is 13.0 Å². The highest BCUT2D eigenvalue weighted by atomic mass is 16.5. The number of fused-ring (bicyclic) bond motifs is 4. The number of ether oxygens (including phenoxy) is 1. The summed E-state index contributed by atoms with van der Waals surface area (Å²) in [4.78, 5) is 0. The summed E-state index contributed by atoms with van der Waals surface area (Å²) in [6.07, 6.45) is -1.78. The van der Waals surface area contributed by atoms with E-state index in [9.17, 15) is 20.4 Å². The first kappa shape index (κ1) is 14.2. The molecule has 112 valence electrons. The van der Waals surface area contributed by atoms with Gasteiger partial charge in [0.25, 0.3) is 0 Å². The fourth-order valence-electron chi connectivity index (χ4n) is 4.26. The number of hydrogen-bond acceptors (Lipinski definition) is 5. The molecule has 0 amide bonds. The maximum absolute atomic E-state index is 10.5. The van der Waals surface area contributed by atoms with Gasteiger partial charge in [-0.05, 0) is 24.5 Å². The highest BCUT2D eigenvalue weighted by molar-refractivity contribution is 5.38. The summed E-state index contributed by atoms with van der Waals surface area (Å²) in [6, 6.07) is 0.